The number of hydrogen-bond acceptors (Lipinski definition) is 6. The molecule has 2 aromatic heterocycles. The average Bonchev–Trinajstić information content (AvgIpc) is 3.41. The normalized spacial score (nSPS) is 11.9. The summed E-state index contributed by atoms with van der Waals surface area (Å²) in [6, 6.07) is 18.5. The lowest BCUT2D eigenvalue weighted by Crippen LogP contribution is -2.30. The SMILES string of the molecule is N[C@H](CC(=O)O)Cn1nnc(-c2ccc(Oc3ccc(-c4ccc[nH]4)cc3)cc2)n1. The lowest BCUT2D eigenvalue weighted by molar-refractivity contribution is -0.137. The Morgan fingerprint density at radius 1 is 1.07 bits per heavy atom. The predicted molar refractivity (Wildman–Crippen MR) is 110 cm³/mol. The van der Waals surface area contributed by atoms with Crippen molar-refractivity contribution in [3.63, 3.8) is 0 Å². The minimum Gasteiger partial charge on any atom is -0.481 e. The Hall–Kier alpha value is -3.98. The molecule has 4 aromatic rings. The minimum absolute atomic E-state index is 0.158. The Balaban J connectivity index is 1.39. The zero-order valence-corrected chi connectivity index (χ0v) is 16.0. The van der Waals surface area contributed by atoms with Crippen LogP contribution in [-0.4, -0.2) is 42.3 Å². The van der Waals surface area contributed by atoms with Crippen LogP contribution in [0.15, 0.2) is 66.9 Å². The zero-order chi connectivity index (χ0) is 20.9. The Labute approximate surface area is 172 Å². The number of nitrogens with zero attached hydrogens (tertiary/aromatic N) is 4. The van der Waals surface area contributed by atoms with Gasteiger partial charge in [0, 0.05) is 23.5 Å². The molecule has 2 aromatic carbocycles. The largest absolute Gasteiger partial charge is 0.481 e. The average molecular weight is 404 g/mol. The van der Waals surface area contributed by atoms with Crippen molar-refractivity contribution in [1.82, 2.24) is 25.2 Å². The van der Waals surface area contributed by atoms with E-state index in [1.54, 1.807) is 0 Å². The number of hydrogen-bond donors (Lipinski definition) is 3. The molecule has 9 nitrogen and oxygen atoms in total. The highest BCUT2D eigenvalue weighted by molar-refractivity contribution is 5.67. The maximum absolute atomic E-state index is 10.7. The summed E-state index contributed by atoms with van der Waals surface area (Å²) in [7, 11) is 0. The van der Waals surface area contributed by atoms with Crippen LogP contribution in [0, 0.1) is 0 Å². The number of ether oxygens (including phenoxy) is 1. The molecule has 0 aliphatic heterocycles. The predicted octanol–water partition coefficient (Wildman–Crippen LogP) is 2.93. The summed E-state index contributed by atoms with van der Waals surface area (Å²) in [6.07, 6.45) is 1.73. The first-order chi connectivity index (χ1) is 14.6. The maximum atomic E-state index is 10.7. The van der Waals surface area contributed by atoms with E-state index in [1.165, 1.54) is 4.80 Å². The van der Waals surface area contributed by atoms with Crippen molar-refractivity contribution >= 4 is 5.97 Å². The quantitative estimate of drug-likeness (QED) is 0.411. The number of aromatic nitrogens is 5. The van der Waals surface area contributed by atoms with E-state index in [4.69, 9.17) is 15.6 Å². The fraction of sp³-hybridized carbons (Fsp3) is 0.143. The summed E-state index contributed by atoms with van der Waals surface area (Å²) >= 11 is 0. The second-order valence-corrected chi connectivity index (χ2v) is 6.76. The van der Waals surface area contributed by atoms with E-state index < -0.39 is 12.0 Å². The van der Waals surface area contributed by atoms with Crippen LogP contribution in [0.3, 0.4) is 0 Å². The van der Waals surface area contributed by atoms with Crippen molar-refractivity contribution in [3.05, 3.63) is 66.9 Å². The monoisotopic (exact) mass is 404 g/mol. The molecule has 2 heterocycles. The van der Waals surface area contributed by atoms with E-state index in [9.17, 15) is 4.79 Å². The lowest BCUT2D eigenvalue weighted by Gasteiger charge is -2.07. The molecule has 0 amide bonds. The van der Waals surface area contributed by atoms with Gasteiger partial charge in [0.1, 0.15) is 11.5 Å². The van der Waals surface area contributed by atoms with E-state index in [-0.39, 0.29) is 13.0 Å². The van der Waals surface area contributed by atoms with Crippen molar-refractivity contribution in [2.45, 2.75) is 19.0 Å². The van der Waals surface area contributed by atoms with E-state index in [1.807, 2.05) is 66.9 Å². The molecule has 0 saturated carbocycles. The van der Waals surface area contributed by atoms with Crippen molar-refractivity contribution in [1.29, 1.82) is 0 Å². The molecule has 0 aliphatic carbocycles. The van der Waals surface area contributed by atoms with Crippen LogP contribution >= 0.6 is 0 Å². The molecule has 0 bridgehead atoms. The molecule has 0 fully saturated rings. The molecule has 4 rings (SSSR count). The van der Waals surface area contributed by atoms with Gasteiger partial charge in [0.15, 0.2) is 0 Å². The smallest absolute Gasteiger partial charge is 0.304 e. The highest BCUT2D eigenvalue weighted by Crippen LogP contribution is 2.26. The number of carboxylic acids is 1. The van der Waals surface area contributed by atoms with E-state index >= 15 is 0 Å². The lowest BCUT2D eigenvalue weighted by atomic mass is 10.1. The molecule has 9 heteroatoms. The van der Waals surface area contributed by atoms with Gasteiger partial charge < -0.3 is 20.6 Å². The number of aliphatic carboxylic acids is 1. The molecular weight excluding hydrogens is 384 g/mol. The number of carboxylic acid groups (broad SMARTS) is 1. The molecule has 0 radical (unpaired) electrons. The molecule has 0 saturated heterocycles. The number of aromatic amines is 1. The van der Waals surface area contributed by atoms with Crippen LogP contribution < -0.4 is 10.5 Å². The van der Waals surface area contributed by atoms with E-state index in [2.05, 4.69) is 20.4 Å². The third-order valence-corrected chi connectivity index (χ3v) is 4.40. The number of carbonyl (C=O) groups is 1. The second kappa shape index (κ2) is 8.58. The molecule has 152 valence electrons. The van der Waals surface area contributed by atoms with Crippen LogP contribution in [0.1, 0.15) is 6.42 Å². The van der Waals surface area contributed by atoms with Crippen molar-refractivity contribution in [3.8, 4) is 34.1 Å². The van der Waals surface area contributed by atoms with Crippen LogP contribution in [0.5, 0.6) is 11.5 Å². The topological polar surface area (TPSA) is 132 Å². The highest BCUT2D eigenvalue weighted by atomic mass is 16.5. The first-order valence-corrected chi connectivity index (χ1v) is 9.34. The standard InChI is InChI=1S/C21H20N6O3/c22-16(12-20(28)29)13-27-25-21(24-26-27)15-5-9-18(10-6-15)30-17-7-3-14(4-8-17)19-2-1-11-23-19/h1-11,16,23H,12-13,22H2,(H,28,29)/t16-/m1/s1. The van der Waals surface area contributed by atoms with Gasteiger partial charge in [-0.1, -0.05) is 0 Å². The number of H-pyrrole nitrogens is 1. The maximum Gasteiger partial charge on any atom is 0.304 e. The fourth-order valence-electron chi connectivity index (χ4n) is 2.96. The van der Waals surface area contributed by atoms with Gasteiger partial charge >= 0.3 is 5.97 Å². The third kappa shape index (κ3) is 4.70. The summed E-state index contributed by atoms with van der Waals surface area (Å²) < 4.78 is 5.89. The summed E-state index contributed by atoms with van der Waals surface area (Å²) in [5, 5.41) is 21.0. The first-order valence-electron chi connectivity index (χ1n) is 9.34. The highest BCUT2D eigenvalue weighted by Gasteiger charge is 2.12. The van der Waals surface area contributed by atoms with Crippen LogP contribution in [-0.2, 0) is 11.3 Å². The Morgan fingerprint density at radius 3 is 2.33 bits per heavy atom. The van der Waals surface area contributed by atoms with E-state index in [0.717, 1.165) is 22.6 Å². The summed E-state index contributed by atoms with van der Waals surface area (Å²) in [4.78, 5) is 15.2. The van der Waals surface area contributed by atoms with Gasteiger partial charge in [-0.15, -0.1) is 10.2 Å². The van der Waals surface area contributed by atoms with Crippen LogP contribution in [0.25, 0.3) is 22.6 Å². The van der Waals surface area contributed by atoms with Gasteiger partial charge in [-0.05, 0) is 71.4 Å². The third-order valence-electron chi connectivity index (χ3n) is 4.40. The Bertz CT molecular complexity index is 1100. The summed E-state index contributed by atoms with van der Waals surface area (Å²) in [5.74, 6) is 0.883. The minimum atomic E-state index is -0.961. The first kappa shape index (κ1) is 19.3. The number of nitrogens with two attached hydrogens (primary N) is 1. The molecule has 30 heavy (non-hydrogen) atoms. The fourth-order valence-corrected chi connectivity index (χ4v) is 2.96. The van der Waals surface area contributed by atoms with Crippen LogP contribution in [0.4, 0.5) is 0 Å². The summed E-state index contributed by atoms with van der Waals surface area (Å²) in [6.45, 7) is 0.180. The molecule has 0 spiro atoms. The Kier molecular flexibility index (Phi) is 5.53. The van der Waals surface area contributed by atoms with Gasteiger partial charge in [-0.3, -0.25) is 4.79 Å². The van der Waals surface area contributed by atoms with Gasteiger partial charge in [0.25, 0.3) is 0 Å². The van der Waals surface area contributed by atoms with Gasteiger partial charge in [-0.2, -0.15) is 4.80 Å². The molecule has 4 N–H and O–H groups in total. The number of tetrazole rings is 1. The van der Waals surface area contributed by atoms with Gasteiger partial charge in [0.2, 0.25) is 5.82 Å². The Morgan fingerprint density at radius 2 is 1.73 bits per heavy atom. The molecule has 0 unspecified atom stereocenters. The molecule has 1 atom stereocenters. The molecule has 0 aliphatic rings. The van der Waals surface area contributed by atoms with Crippen molar-refractivity contribution in [2.75, 3.05) is 0 Å². The van der Waals surface area contributed by atoms with Gasteiger partial charge in [-0.25, -0.2) is 0 Å². The summed E-state index contributed by atoms with van der Waals surface area (Å²) in [5.41, 5.74) is 8.66. The molecular formula is C21H20N6O3. The van der Waals surface area contributed by atoms with Crippen molar-refractivity contribution < 1.29 is 14.6 Å². The van der Waals surface area contributed by atoms with Crippen molar-refractivity contribution in [2.24, 2.45) is 5.73 Å². The van der Waals surface area contributed by atoms with Crippen LogP contribution in [0.2, 0.25) is 0 Å². The number of nitrogens with one attached hydrogen (secondary N) is 1. The zero-order valence-electron chi connectivity index (χ0n) is 16.0. The van der Waals surface area contributed by atoms with Gasteiger partial charge in [0.05, 0.1) is 13.0 Å². The number of rotatable bonds is 8. The van der Waals surface area contributed by atoms with E-state index in [0.29, 0.717) is 11.6 Å². The number of benzene rings is 2. The second-order valence-electron chi connectivity index (χ2n) is 6.76.